The third kappa shape index (κ3) is 5.82. The highest BCUT2D eigenvalue weighted by molar-refractivity contribution is 5.92. The van der Waals surface area contributed by atoms with Crippen molar-refractivity contribution in [3.63, 3.8) is 0 Å². The van der Waals surface area contributed by atoms with Crippen LogP contribution in [0.2, 0.25) is 0 Å². The number of carbonyl (C=O) groups is 1. The van der Waals surface area contributed by atoms with Crippen molar-refractivity contribution < 1.29 is 14.3 Å². The van der Waals surface area contributed by atoms with E-state index in [1.54, 1.807) is 19.4 Å². The van der Waals surface area contributed by atoms with Gasteiger partial charge in [0.2, 0.25) is 0 Å². The predicted octanol–water partition coefficient (Wildman–Crippen LogP) is 4.75. The van der Waals surface area contributed by atoms with Gasteiger partial charge in [-0.2, -0.15) is 0 Å². The molecule has 1 atom stereocenters. The molecule has 1 aliphatic heterocycles. The van der Waals surface area contributed by atoms with E-state index < -0.39 is 0 Å². The fourth-order valence-corrected chi connectivity index (χ4v) is 4.65. The molecule has 2 aromatic rings. The number of hydrogen-bond acceptors (Lipinski definition) is 5. The maximum Gasteiger partial charge on any atom is 0.272 e. The van der Waals surface area contributed by atoms with Gasteiger partial charge in [-0.05, 0) is 68.2 Å². The number of nitrogens with zero attached hydrogens (tertiary/aromatic N) is 3. The Hall–Kier alpha value is -2.47. The monoisotopic (exact) mass is 425 g/mol. The Balaban J connectivity index is 1.82. The van der Waals surface area contributed by atoms with Crippen LogP contribution in [0, 0.1) is 11.3 Å². The van der Waals surface area contributed by atoms with Crippen LogP contribution in [-0.2, 0) is 11.3 Å². The van der Waals surface area contributed by atoms with Gasteiger partial charge in [0.15, 0.2) is 0 Å². The van der Waals surface area contributed by atoms with Crippen LogP contribution in [0.25, 0.3) is 0 Å². The Bertz CT molecular complexity index is 852. The number of methoxy groups -OCH3 is 1. The molecule has 1 aromatic carbocycles. The zero-order valence-electron chi connectivity index (χ0n) is 19.4. The first kappa shape index (κ1) is 23.2. The number of aromatic nitrogens is 2. The molecule has 1 aliphatic rings. The van der Waals surface area contributed by atoms with E-state index in [0.29, 0.717) is 24.7 Å². The molecule has 1 aromatic heterocycles. The first-order chi connectivity index (χ1) is 14.7. The minimum absolute atomic E-state index is 0.0663. The largest absolute Gasteiger partial charge is 0.497 e. The molecule has 1 amide bonds. The Morgan fingerprint density at radius 3 is 2.55 bits per heavy atom. The van der Waals surface area contributed by atoms with Crippen molar-refractivity contribution >= 4 is 5.91 Å². The maximum atomic E-state index is 13.3. The number of rotatable bonds is 8. The Morgan fingerprint density at radius 2 is 1.97 bits per heavy atom. The lowest BCUT2D eigenvalue weighted by atomic mass is 9.65. The van der Waals surface area contributed by atoms with Gasteiger partial charge in [0.1, 0.15) is 17.8 Å². The topological polar surface area (TPSA) is 64.6 Å². The van der Waals surface area contributed by atoms with Crippen LogP contribution in [0.1, 0.15) is 63.0 Å². The second-order valence-corrected chi connectivity index (χ2v) is 9.47. The molecule has 1 unspecified atom stereocenters. The van der Waals surface area contributed by atoms with Crippen LogP contribution in [0.3, 0.4) is 0 Å². The summed E-state index contributed by atoms with van der Waals surface area (Å²) in [4.78, 5) is 23.4. The van der Waals surface area contributed by atoms with Gasteiger partial charge in [-0.1, -0.05) is 26.0 Å². The SMILES string of the molecule is COc1ccc(CN(CCC2(C(C)C)CCOC(C)(C)C2)C(=O)c2ccncn2)cc1. The van der Waals surface area contributed by atoms with Crippen molar-refractivity contribution in [1.82, 2.24) is 14.9 Å². The molecule has 0 radical (unpaired) electrons. The van der Waals surface area contributed by atoms with Crippen LogP contribution < -0.4 is 4.74 Å². The van der Waals surface area contributed by atoms with Crippen molar-refractivity contribution in [1.29, 1.82) is 0 Å². The number of benzene rings is 1. The molecule has 168 valence electrons. The molecule has 1 fully saturated rings. The van der Waals surface area contributed by atoms with Crippen LogP contribution in [0.15, 0.2) is 42.9 Å². The smallest absolute Gasteiger partial charge is 0.272 e. The summed E-state index contributed by atoms with van der Waals surface area (Å²) in [6.45, 7) is 10.9. The lowest BCUT2D eigenvalue weighted by Gasteiger charge is -2.48. The number of carbonyl (C=O) groups excluding carboxylic acids is 1. The molecule has 2 heterocycles. The molecule has 31 heavy (non-hydrogen) atoms. The van der Waals surface area contributed by atoms with E-state index in [0.717, 1.165) is 37.2 Å². The summed E-state index contributed by atoms with van der Waals surface area (Å²) in [6.07, 6.45) is 5.99. The minimum atomic E-state index is -0.139. The molecule has 0 saturated carbocycles. The van der Waals surface area contributed by atoms with Gasteiger partial charge in [-0.15, -0.1) is 0 Å². The standard InChI is InChI=1S/C25H35N3O3/c1-19(2)25(12-15-31-24(3,4)17-25)11-14-28(23(29)22-10-13-26-18-27-22)16-20-6-8-21(30-5)9-7-20/h6-10,13,18-19H,11-12,14-17H2,1-5H3. The lowest BCUT2D eigenvalue weighted by Crippen LogP contribution is -2.46. The van der Waals surface area contributed by atoms with E-state index in [1.165, 1.54) is 6.33 Å². The van der Waals surface area contributed by atoms with Gasteiger partial charge < -0.3 is 14.4 Å². The van der Waals surface area contributed by atoms with Crippen molar-refractivity contribution in [3.8, 4) is 5.75 Å². The van der Waals surface area contributed by atoms with Crippen LogP contribution in [0.4, 0.5) is 0 Å². The minimum Gasteiger partial charge on any atom is -0.497 e. The first-order valence-corrected chi connectivity index (χ1v) is 11.1. The zero-order chi connectivity index (χ0) is 22.5. The zero-order valence-corrected chi connectivity index (χ0v) is 19.4. The summed E-state index contributed by atoms with van der Waals surface area (Å²) in [5.41, 5.74) is 1.50. The summed E-state index contributed by atoms with van der Waals surface area (Å²) < 4.78 is 11.3. The molecule has 6 heteroatoms. The quantitative estimate of drug-likeness (QED) is 0.611. The van der Waals surface area contributed by atoms with E-state index in [1.807, 2.05) is 29.2 Å². The number of ether oxygens (including phenoxy) is 2. The molecule has 3 rings (SSSR count). The second-order valence-electron chi connectivity index (χ2n) is 9.47. The van der Waals surface area contributed by atoms with E-state index in [4.69, 9.17) is 9.47 Å². The average Bonchev–Trinajstić information content (AvgIpc) is 2.76. The Kier molecular flexibility index (Phi) is 7.31. The van der Waals surface area contributed by atoms with E-state index >= 15 is 0 Å². The summed E-state index contributed by atoms with van der Waals surface area (Å²) in [5, 5.41) is 0. The van der Waals surface area contributed by atoms with E-state index in [-0.39, 0.29) is 16.9 Å². The van der Waals surface area contributed by atoms with Crippen molar-refractivity contribution in [2.75, 3.05) is 20.3 Å². The molecular weight excluding hydrogens is 390 g/mol. The predicted molar refractivity (Wildman–Crippen MR) is 121 cm³/mol. The van der Waals surface area contributed by atoms with Gasteiger partial charge in [-0.3, -0.25) is 4.79 Å². The highest BCUT2D eigenvalue weighted by Gasteiger charge is 2.43. The first-order valence-electron chi connectivity index (χ1n) is 11.1. The van der Waals surface area contributed by atoms with Crippen LogP contribution in [0.5, 0.6) is 5.75 Å². The molecule has 0 bridgehead atoms. The summed E-state index contributed by atoms with van der Waals surface area (Å²) in [7, 11) is 1.65. The lowest BCUT2D eigenvalue weighted by molar-refractivity contribution is -0.122. The average molecular weight is 426 g/mol. The van der Waals surface area contributed by atoms with Crippen molar-refractivity contribution in [2.24, 2.45) is 11.3 Å². The molecule has 0 N–H and O–H groups in total. The molecule has 1 saturated heterocycles. The van der Waals surface area contributed by atoms with Gasteiger partial charge in [0.05, 0.1) is 12.7 Å². The number of amides is 1. The molecule has 0 aliphatic carbocycles. The van der Waals surface area contributed by atoms with Gasteiger partial charge in [-0.25, -0.2) is 9.97 Å². The van der Waals surface area contributed by atoms with Crippen LogP contribution >= 0.6 is 0 Å². The molecule has 0 spiro atoms. The second kappa shape index (κ2) is 9.77. The normalized spacial score (nSPS) is 20.5. The molecular formula is C25H35N3O3. The fraction of sp³-hybridized carbons (Fsp3) is 0.560. The fourth-order valence-electron chi connectivity index (χ4n) is 4.65. The third-order valence-electron chi connectivity index (χ3n) is 6.60. The summed E-state index contributed by atoms with van der Waals surface area (Å²) in [6, 6.07) is 9.56. The van der Waals surface area contributed by atoms with E-state index in [2.05, 4.69) is 37.7 Å². The maximum absolute atomic E-state index is 13.3. The van der Waals surface area contributed by atoms with Gasteiger partial charge >= 0.3 is 0 Å². The van der Waals surface area contributed by atoms with Crippen LogP contribution in [-0.4, -0.2) is 46.6 Å². The van der Waals surface area contributed by atoms with Gasteiger partial charge in [0.25, 0.3) is 5.91 Å². The molecule has 6 nitrogen and oxygen atoms in total. The Morgan fingerprint density at radius 1 is 1.23 bits per heavy atom. The number of hydrogen-bond donors (Lipinski definition) is 0. The highest BCUT2D eigenvalue weighted by atomic mass is 16.5. The Labute approximate surface area is 186 Å². The highest BCUT2D eigenvalue weighted by Crippen LogP contribution is 2.47. The van der Waals surface area contributed by atoms with E-state index in [9.17, 15) is 4.79 Å². The summed E-state index contributed by atoms with van der Waals surface area (Å²) >= 11 is 0. The van der Waals surface area contributed by atoms with Gasteiger partial charge in [0, 0.05) is 25.9 Å². The van der Waals surface area contributed by atoms with Crippen molar-refractivity contribution in [2.45, 2.75) is 59.1 Å². The summed E-state index contributed by atoms with van der Waals surface area (Å²) in [5.74, 6) is 1.25. The van der Waals surface area contributed by atoms with Crippen molar-refractivity contribution in [3.05, 3.63) is 54.1 Å². The third-order valence-corrected chi connectivity index (χ3v) is 6.60.